The average molecular weight is 288 g/mol. The minimum atomic E-state index is 0.643. The van der Waals surface area contributed by atoms with Crippen LogP contribution in [0, 0.1) is 0 Å². The van der Waals surface area contributed by atoms with Crippen LogP contribution in [0.1, 0.15) is 38.0 Å². The first-order valence-electron chi connectivity index (χ1n) is 7.65. The number of nitrogens with zero attached hydrogens (tertiary/aromatic N) is 2. The smallest absolute Gasteiger partial charge is 0.282 e. The minimum absolute atomic E-state index is 0.643. The number of hydrogen-bond donors (Lipinski definition) is 1. The normalized spacial score (nSPS) is 16.0. The molecule has 1 aromatic heterocycles. The van der Waals surface area contributed by atoms with Gasteiger partial charge in [-0.2, -0.15) is 4.98 Å². The fraction of sp³-hybridized carbons (Fsp3) is 0.500. The van der Waals surface area contributed by atoms with Gasteiger partial charge in [0.25, 0.3) is 5.89 Å². The van der Waals surface area contributed by atoms with E-state index in [-0.39, 0.29) is 0 Å². The summed E-state index contributed by atoms with van der Waals surface area (Å²) in [7, 11) is 1.66. The van der Waals surface area contributed by atoms with Gasteiger partial charge in [-0.15, -0.1) is 0 Å². The van der Waals surface area contributed by atoms with Crippen LogP contribution in [0.15, 0.2) is 28.8 Å². The van der Waals surface area contributed by atoms with Crippen LogP contribution in [0.5, 0.6) is 5.75 Å². The van der Waals surface area contributed by atoms with E-state index in [1.165, 1.54) is 32.1 Å². The quantitative estimate of drug-likeness (QED) is 0.915. The topological polar surface area (TPSA) is 64.8 Å². The lowest BCUT2D eigenvalue weighted by atomic mass is 9.95. The fourth-order valence-electron chi connectivity index (χ4n) is 2.83. The maximum absolute atomic E-state index is 5.34. The molecule has 0 amide bonds. The third kappa shape index (κ3) is 3.61. The van der Waals surface area contributed by atoms with Gasteiger partial charge >= 0.3 is 0 Å². The summed E-state index contributed by atoms with van der Waals surface area (Å²) in [6.45, 7) is 0.772. The van der Waals surface area contributed by atoms with Crippen molar-refractivity contribution >= 4 is 0 Å². The molecule has 3 rings (SSSR count). The molecule has 0 aliphatic heterocycles. The van der Waals surface area contributed by atoms with Crippen molar-refractivity contribution in [3.8, 4) is 17.1 Å². The number of methoxy groups -OCH3 is 1. The number of nitrogens with two attached hydrogens (primary N) is 1. The Morgan fingerprint density at radius 1 is 1.19 bits per heavy atom. The number of aromatic nitrogens is 2. The highest BCUT2D eigenvalue weighted by molar-refractivity contribution is 5.55. The molecule has 0 spiro atoms. The van der Waals surface area contributed by atoms with E-state index < -0.39 is 0 Å². The Labute approximate surface area is 124 Å². The first-order valence-corrected chi connectivity index (χ1v) is 7.65. The van der Waals surface area contributed by atoms with E-state index in [4.69, 9.17) is 9.26 Å². The highest BCUT2D eigenvalue weighted by Crippen LogP contribution is 2.19. The van der Waals surface area contributed by atoms with Crippen LogP contribution < -0.4 is 10.1 Å². The largest absolute Gasteiger partial charge is 0.497 e. The standard InChI is InChI=1S/C16H21N3O2/c1-20-14-9-7-12(8-10-14)16-18-15(21-19-16)11-17-13-5-3-2-4-6-13/h7-10,13,17H,2-6,11H2,1H3/p+1. The molecule has 0 unspecified atom stereocenters. The molecule has 1 aliphatic carbocycles. The van der Waals surface area contributed by atoms with Crippen LogP contribution in [0.25, 0.3) is 11.4 Å². The molecule has 112 valence electrons. The summed E-state index contributed by atoms with van der Waals surface area (Å²) in [5.74, 6) is 2.17. The molecule has 1 aromatic carbocycles. The van der Waals surface area contributed by atoms with E-state index in [9.17, 15) is 0 Å². The number of rotatable bonds is 5. The van der Waals surface area contributed by atoms with E-state index in [2.05, 4.69) is 15.5 Å². The number of benzene rings is 1. The van der Waals surface area contributed by atoms with Gasteiger partial charge in [0.15, 0.2) is 6.54 Å². The molecule has 0 radical (unpaired) electrons. The number of ether oxygens (including phenoxy) is 1. The Bertz CT molecular complexity index is 559. The van der Waals surface area contributed by atoms with Crippen LogP contribution in [-0.4, -0.2) is 23.3 Å². The SMILES string of the molecule is COc1ccc(-c2noc(C[NH2+]C3CCCCC3)n2)cc1. The molecule has 0 atom stereocenters. The van der Waals surface area contributed by atoms with Gasteiger partial charge in [-0.3, -0.25) is 0 Å². The Morgan fingerprint density at radius 2 is 1.95 bits per heavy atom. The van der Waals surface area contributed by atoms with Crippen molar-refractivity contribution in [2.45, 2.75) is 44.7 Å². The van der Waals surface area contributed by atoms with Gasteiger partial charge in [0.2, 0.25) is 5.82 Å². The zero-order chi connectivity index (χ0) is 14.5. The summed E-state index contributed by atoms with van der Waals surface area (Å²) in [6.07, 6.45) is 6.69. The van der Waals surface area contributed by atoms with Crippen molar-refractivity contribution in [3.05, 3.63) is 30.2 Å². The summed E-state index contributed by atoms with van der Waals surface area (Å²) >= 11 is 0. The van der Waals surface area contributed by atoms with Gasteiger partial charge < -0.3 is 14.6 Å². The van der Waals surface area contributed by atoms with Crippen molar-refractivity contribution in [1.29, 1.82) is 0 Å². The molecule has 2 aromatic rings. The van der Waals surface area contributed by atoms with E-state index in [1.807, 2.05) is 24.3 Å². The predicted octanol–water partition coefficient (Wildman–Crippen LogP) is 2.14. The average Bonchev–Trinajstić information content (AvgIpc) is 3.03. The maximum atomic E-state index is 5.34. The van der Waals surface area contributed by atoms with Crippen molar-refractivity contribution in [1.82, 2.24) is 10.1 Å². The molecule has 5 heteroatoms. The Morgan fingerprint density at radius 3 is 2.67 bits per heavy atom. The summed E-state index contributed by atoms with van der Waals surface area (Å²) < 4.78 is 10.5. The summed E-state index contributed by atoms with van der Waals surface area (Å²) in [6, 6.07) is 8.41. The third-order valence-corrected chi connectivity index (χ3v) is 4.09. The fourth-order valence-corrected chi connectivity index (χ4v) is 2.83. The van der Waals surface area contributed by atoms with Crippen molar-refractivity contribution in [2.24, 2.45) is 0 Å². The zero-order valence-electron chi connectivity index (χ0n) is 12.4. The molecular weight excluding hydrogens is 266 g/mol. The molecule has 0 bridgehead atoms. The predicted molar refractivity (Wildman–Crippen MR) is 78.8 cm³/mol. The van der Waals surface area contributed by atoms with E-state index in [1.54, 1.807) is 7.11 Å². The summed E-state index contributed by atoms with van der Waals surface area (Å²) in [4.78, 5) is 4.47. The molecule has 0 saturated heterocycles. The molecule has 5 nitrogen and oxygen atoms in total. The number of quaternary nitrogens is 1. The summed E-state index contributed by atoms with van der Waals surface area (Å²) in [5, 5.41) is 6.40. The maximum Gasteiger partial charge on any atom is 0.282 e. The first kappa shape index (κ1) is 14.1. The van der Waals surface area contributed by atoms with E-state index in [0.29, 0.717) is 11.7 Å². The van der Waals surface area contributed by atoms with Crippen LogP contribution in [0.2, 0.25) is 0 Å². The van der Waals surface area contributed by atoms with Gasteiger partial charge in [0.1, 0.15) is 5.75 Å². The van der Waals surface area contributed by atoms with Crippen LogP contribution >= 0.6 is 0 Å². The van der Waals surface area contributed by atoms with Crippen molar-refractivity contribution in [3.63, 3.8) is 0 Å². The second kappa shape index (κ2) is 6.72. The van der Waals surface area contributed by atoms with Crippen LogP contribution in [-0.2, 0) is 6.54 Å². The molecule has 21 heavy (non-hydrogen) atoms. The van der Waals surface area contributed by atoms with Gasteiger partial charge in [-0.25, -0.2) is 0 Å². The molecule has 2 N–H and O–H groups in total. The monoisotopic (exact) mass is 288 g/mol. The Hall–Kier alpha value is -1.88. The Balaban J connectivity index is 1.59. The lowest BCUT2D eigenvalue weighted by Crippen LogP contribution is -2.88. The first-order chi connectivity index (χ1) is 10.3. The lowest BCUT2D eigenvalue weighted by molar-refractivity contribution is -0.708. The van der Waals surface area contributed by atoms with E-state index in [0.717, 1.165) is 23.9 Å². The van der Waals surface area contributed by atoms with E-state index >= 15 is 0 Å². The second-order valence-corrected chi connectivity index (χ2v) is 5.58. The zero-order valence-corrected chi connectivity index (χ0v) is 12.4. The van der Waals surface area contributed by atoms with Gasteiger partial charge in [0.05, 0.1) is 13.2 Å². The molecule has 1 fully saturated rings. The highest BCUT2D eigenvalue weighted by Gasteiger charge is 2.17. The molecule has 1 saturated carbocycles. The highest BCUT2D eigenvalue weighted by atomic mass is 16.5. The summed E-state index contributed by atoms with van der Waals surface area (Å²) in [5.41, 5.74) is 0.948. The van der Waals surface area contributed by atoms with Crippen LogP contribution in [0.3, 0.4) is 0 Å². The Kier molecular flexibility index (Phi) is 4.50. The molecule has 1 heterocycles. The number of hydrogen-bond acceptors (Lipinski definition) is 4. The van der Waals surface area contributed by atoms with Gasteiger partial charge in [-0.05, 0) is 49.9 Å². The second-order valence-electron chi connectivity index (χ2n) is 5.58. The van der Waals surface area contributed by atoms with Crippen molar-refractivity contribution in [2.75, 3.05) is 7.11 Å². The van der Waals surface area contributed by atoms with Gasteiger partial charge in [-0.1, -0.05) is 11.6 Å². The molecule has 1 aliphatic rings. The molecular formula is C16H22N3O2+. The minimum Gasteiger partial charge on any atom is -0.497 e. The van der Waals surface area contributed by atoms with Crippen LogP contribution in [0.4, 0.5) is 0 Å². The third-order valence-electron chi connectivity index (χ3n) is 4.09. The lowest BCUT2D eigenvalue weighted by Gasteiger charge is -2.18. The van der Waals surface area contributed by atoms with Gasteiger partial charge in [0, 0.05) is 5.56 Å². The van der Waals surface area contributed by atoms with Crippen molar-refractivity contribution < 1.29 is 14.6 Å².